The summed E-state index contributed by atoms with van der Waals surface area (Å²) in [5.74, 6) is 0.0427. The van der Waals surface area contributed by atoms with Crippen molar-refractivity contribution < 1.29 is 14.3 Å². The Labute approximate surface area is 159 Å². The largest absolute Gasteiger partial charge is 0.444 e. The predicted octanol–water partition coefficient (Wildman–Crippen LogP) is 2.65. The van der Waals surface area contributed by atoms with Crippen molar-refractivity contribution in [3.63, 3.8) is 0 Å². The van der Waals surface area contributed by atoms with Crippen molar-refractivity contribution in [1.29, 1.82) is 0 Å². The van der Waals surface area contributed by atoms with Crippen molar-refractivity contribution in [2.45, 2.75) is 46.1 Å². The molecular formula is C20H28N4O3. The number of ether oxygens (including phenoxy) is 1. The van der Waals surface area contributed by atoms with E-state index in [0.29, 0.717) is 26.2 Å². The lowest BCUT2D eigenvalue weighted by Gasteiger charge is -2.26. The lowest BCUT2D eigenvalue weighted by molar-refractivity contribution is -0.130. The molecule has 27 heavy (non-hydrogen) atoms. The predicted molar refractivity (Wildman–Crippen MR) is 103 cm³/mol. The van der Waals surface area contributed by atoms with E-state index in [2.05, 4.69) is 4.98 Å². The van der Waals surface area contributed by atoms with Gasteiger partial charge in [-0.3, -0.25) is 4.79 Å². The number of imidazole rings is 1. The zero-order chi connectivity index (χ0) is 19.6. The van der Waals surface area contributed by atoms with Crippen LogP contribution in [-0.4, -0.2) is 63.0 Å². The first kappa shape index (κ1) is 19.2. The molecule has 0 bridgehead atoms. The van der Waals surface area contributed by atoms with Crippen LogP contribution in [0.4, 0.5) is 4.79 Å². The minimum Gasteiger partial charge on any atom is -0.444 e. The van der Waals surface area contributed by atoms with Gasteiger partial charge in [-0.2, -0.15) is 0 Å². The Morgan fingerprint density at radius 2 is 1.85 bits per heavy atom. The lowest BCUT2D eigenvalue weighted by atomic mass is 10.2. The van der Waals surface area contributed by atoms with E-state index in [0.717, 1.165) is 23.3 Å². The monoisotopic (exact) mass is 372 g/mol. The summed E-state index contributed by atoms with van der Waals surface area (Å²) in [6.45, 7) is 9.85. The van der Waals surface area contributed by atoms with Gasteiger partial charge in [0.05, 0.1) is 12.1 Å². The fourth-order valence-electron chi connectivity index (χ4n) is 3.16. The van der Waals surface area contributed by atoms with Crippen LogP contribution >= 0.6 is 0 Å². The van der Waals surface area contributed by atoms with E-state index in [1.807, 2.05) is 61.5 Å². The maximum absolute atomic E-state index is 12.7. The number of pyridine rings is 1. The molecule has 2 aromatic rings. The Morgan fingerprint density at radius 1 is 1.15 bits per heavy atom. The average molecular weight is 372 g/mol. The van der Waals surface area contributed by atoms with Gasteiger partial charge < -0.3 is 18.9 Å². The van der Waals surface area contributed by atoms with E-state index in [1.54, 1.807) is 4.90 Å². The van der Waals surface area contributed by atoms with Gasteiger partial charge in [-0.1, -0.05) is 0 Å². The quantitative estimate of drug-likeness (QED) is 0.813. The van der Waals surface area contributed by atoms with E-state index >= 15 is 0 Å². The second kappa shape index (κ2) is 7.58. The SMILES string of the molecule is Cc1ccn2cc(CC(=O)N3CCCN(C(=O)OC(C)(C)C)CC3)nc2c1. The first-order valence-electron chi connectivity index (χ1n) is 9.41. The third-order valence-corrected chi connectivity index (χ3v) is 4.50. The molecule has 146 valence electrons. The van der Waals surface area contributed by atoms with Crippen molar-refractivity contribution in [2.24, 2.45) is 0 Å². The molecule has 0 radical (unpaired) electrons. The van der Waals surface area contributed by atoms with Crippen LogP contribution in [0.1, 0.15) is 38.4 Å². The van der Waals surface area contributed by atoms with Crippen molar-refractivity contribution in [1.82, 2.24) is 19.2 Å². The minimum atomic E-state index is -0.514. The number of aryl methyl sites for hydroxylation is 1. The van der Waals surface area contributed by atoms with E-state index in [4.69, 9.17) is 4.74 Å². The molecule has 1 fully saturated rings. The standard InChI is InChI=1S/C20H28N4O3/c1-15-6-9-24-14-16(21-17(24)12-15)13-18(25)22-7-5-8-23(11-10-22)19(26)27-20(2,3)4/h6,9,12,14H,5,7-8,10-11,13H2,1-4H3. The van der Waals surface area contributed by atoms with E-state index in [-0.39, 0.29) is 18.4 Å². The summed E-state index contributed by atoms with van der Waals surface area (Å²) in [6.07, 6.45) is 4.56. The second-order valence-corrected chi connectivity index (χ2v) is 8.08. The van der Waals surface area contributed by atoms with Crippen LogP contribution in [0.25, 0.3) is 5.65 Å². The van der Waals surface area contributed by atoms with E-state index in [9.17, 15) is 9.59 Å². The van der Waals surface area contributed by atoms with Crippen LogP contribution in [0.15, 0.2) is 24.5 Å². The molecule has 0 saturated carbocycles. The van der Waals surface area contributed by atoms with E-state index in [1.165, 1.54) is 0 Å². The van der Waals surface area contributed by atoms with Gasteiger partial charge in [0, 0.05) is 38.6 Å². The van der Waals surface area contributed by atoms with Crippen LogP contribution < -0.4 is 0 Å². The van der Waals surface area contributed by atoms with Crippen molar-refractivity contribution >= 4 is 17.6 Å². The Kier molecular flexibility index (Phi) is 5.39. The first-order chi connectivity index (χ1) is 12.7. The van der Waals surface area contributed by atoms with Crippen LogP contribution in [0, 0.1) is 6.92 Å². The first-order valence-corrected chi connectivity index (χ1v) is 9.41. The van der Waals surface area contributed by atoms with E-state index < -0.39 is 5.60 Å². The number of fused-ring (bicyclic) bond motifs is 1. The molecule has 0 N–H and O–H groups in total. The summed E-state index contributed by atoms with van der Waals surface area (Å²) < 4.78 is 7.37. The maximum Gasteiger partial charge on any atom is 0.410 e. The smallest absolute Gasteiger partial charge is 0.410 e. The zero-order valence-corrected chi connectivity index (χ0v) is 16.6. The summed E-state index contributed by atoms with van der Waals surface area (Å²) in [5.41, 5.74) is 2.24. The molecule has 3 rings (SSSR count). The van der Waals surface area contributed by atoms with Gasteiger partial charge >= 0.3 is 6.09 Å². The summed E-state index contributed by atoms with van der Waals surface area (Å²) in [4.78, 5) is 33.0. The lowest BCUT2D eigenvalue weighted by Crippen LogP contribution is -2.40. The highest BCUT2D eigenvalue weighted by atomic mass is 16.6. The van der Waals surface area contributed by atoms with Gasteiger partial charge in [-0.05, 0) is 51.8 Å². The van der Waals surface area contributed by atoms with Gasteiger partial charge in [0.15, 0.2) is 0 Å². The number of amides is 2. The summed E-state index contributed by atoms with van der Waals surface area (Å²) in [5, 5.41) is 0. The molecule has 7 nitrogen and oxygen atoms in total. The van der Waals surface area contributed by atoms with Crippen molar-refractivity contribution in [3.05, 3.63) is 35.8 Å². The Balaban J connectivity index is 1.59. The summed E-state index contributed by atoms with van der Waals surface area (Å²) >= 11 is 0. The van der Waals surface area contributed by atoms with Crippen LogP contribution in [0.5, 0.6) is 0 Å². The molecule has 0 aliphatic carbocycles. The maximum atomic E-state index is 12.7. The molecule has 0 spiro atoms. The highest BCUT2D eigenvalue weighted by Gasteiger charge is 2.26. The van der Waals surface area contributed by atoms with Crippen molar-refractivity contribution in [2.75, 3.05) is 26.2 Å². The molecule has 0 atom stereocenters. The summed E-state index contributed by atoms with van der Waals surface area (Å²) in [7, 11) is 0. The number of aromatic nitrogens is 2. The zero-order valence-electron chi connectivity index (χ0n) is 16.6. The van der Waals surface area contributed by atoms with Gasteiger partial charge in [0.1, 0.15) is 11.2 Å². The fraction of sp³-hybridized carbons (Fsp3) is 0.550. The highest BCUT2D eigenvalue weighted by molar-refractivity contribution is 5.78. The Hall–Kier alpha value is -2.57. The summed E-state index contributed by atoms with van der Waals surface area (Å²) in [6, 6.07) is 4.01. The third kappa shape index (κ3) is 4.99. The van der Waals surface area contributed by atoms with Gasteiger partial charge in [-0.15, -0.1) is 0 Å². The molecule has 1 saturated heterocycles. The van der Waals surface area contributed by atoms with Crippen LogP contribution in [0.3, 0.4) is 0 Å². The third-order valence-electron chi connectivity index (χ3n) is 4.50. The van der Waals surface area contributed by atoms with Crippen LogP contribution in [-0.2, 0) is 16.0 Å². The number of carbonyl (C=O) groups is 2. The highest BCUT2D eigenvalue weighted by Crippen LogP contribution is 2.13. The molecule has 0 unspecified atom stereocenters. The van der Waals surface area contributed by atoms with Gasteiger partial charge in [-0.25, -0.2) is 9.78 Å². The molecule has 3 heterocycles. The normalized spacial score (nSPS) is 15.7. The molecular weight excluding hydrogens is 344 g/mol. The molecule has 1 aliphatic rings. The average Bonchev–Trinajstić information content (AvgIpc) is 2.78. The van der Waals surface area contributed by atoms with Crippen molar-refractivity contribution in [3.8, 4) is 0 Å². The number of hydrogen-bond acceptors (Lipinski definition) is 4. The number of nitrogens with zero attached hydrogens (tertiary/aromatic N) is 4. The molecule has 2 aromatic heterocycles. The Morgan fingerprint density at radius 3 is 2.59 bits per heavy atom. The molecule has 0 aromatic carbocycles. The molecule has 7 heteroatoms. The van der Waals surface area contributed by atoms with Gasteiger partial charge in [0.25, 0.3) is 0 Å². The second-order valence-electron chi connectivity index (χ2n) is 8.08. The molecule has 1 aliphatic heterocycles. The van der Waals surface area contributed by atoms with Gasteiger partial charge in [0.2, 0.25) is 5.91 Å². The Bertz CT molecular complexity index is 837. The number of rotatable bonds is 2. The minimum absolute atomic E-state index is 0.0427. The molecule has 2 amide bonds. The fourth-order valence-corrected chi connectivity index (χ4v) is 3.16. The number of hydrogen-bond donors (Lipinski definition) is 0. The van der Waals surface area contributed by atoms with Crippen LogP contribution in [0.2, 0.25) is 0 Å². The topological polar surface area (TPSA) is 67.2 Å². The number of carbonyl (C=O) groups excluding carboxylic acids is 2.